The van der Waals surface area contributed by atoms with E-state index in [4.69, 9.17) is 0 Å². The minimum atomic E-state index is -0.363. The summed E-state index contributed by atoms with van der Waals surface area (Å²) in [6.45, 7) is 9.36. The molecule has 0 unspecified atom stereocenters. The lowest BCUT2D eigenvalue weighted by atomic mass is 10.0. The van der Waals surface area contributed by atoms with Gasteiger partial charge in [0, 0.05) is 49.9 Å². The van der Waals surface area contributed by atoms with E-state index in [1.165, 1.54) is 20.3 Å². The van der Waals surface area contributed by atoms with Gasteiger partial charge in [0.25, 0.3) is 0 Å². The van der Waals surface area contributed by atoms with E-state index < -0.39 is 0 Å². The molecular weight excluding hydrogens is 454 g/mol. The first kappa shape index (κ1) is 23.6. The highest BCUT2D eigenvalue weighted by Crippen LogP contribution is 2.24. The highest BCUT2D eigenvalue weighted by molar-refractivity contribution is 5.90. The van der Waals surface area contributed by atoms with Crippen LogP contribution in [0.4, 0.5) is 17.2 Å². The number of anilines is 3. The van der Waals surface area contributed by atoms with Crippen molar-refractivity contribution in [3.05, 3.63) is 82.5 Å². The average molecular weight is 486 g/mol. The molecule has 1 aliphatic rings. The van der Waals surface area contributed by atoms with Gasteiger partial charge < -0.3 is 15.1 Å². The van der Waals surface area contributed by atoms with Crippen LogP contribution < -0.4 is 20.8 Å². The van der Waals surface area contributed by atoms with E-state index in [-0.39, 0.29) is 18.1 Å². The zero-order valence-electron chi connectivity index (χ0n) is 20.9. The molecule has 0 bridgehead atoms. The van der Waals surface area contributed by atoms with E-state index in [1.54, 1.807) is 12.4 Å². The Kier molecular flexibility index (Phi) is 6.45. The molecule has 1 N–H and O–H groups in total. The predicted molar refractivity (Wildman–Crippen MR) is 142 cm³/mol. The monoisotopic (exact) mass is 485 g/mol. The highest BCUT2D eigenvalue weighted by atomic mass is 16.2. The van der Waals surface area contributed by atoms with Crippen molar-refractivity contribution in [1.82, 2.24) is 19.2 Å². The van der Waals surface area contributed by atoms with Crippen molar-refractivity contribution >= 4 is 28.7 Å². The third-order valence-corrected chi connectivity index (χ3v) is 6.65. The fourth-order valence-electron chi connectivity index (χ4n) is 4.65. The summed E-state index contributed by atoms with van der Waals surface area (Å²) in [6, 6.07) is 16.1. The first-order valence-corrected chi connectivity index (χ1v) is 12.3. The topological polar surface area (TPSA) is 87.8 Å². The molecule has 9 heteroatoms. The Balaban J connectivity index is 1.32. The van der Waals surface area contributed by atoms with Crippen molar-refractivity contribution in [2.24, 2.45) is 0 Å². The molecule has 36 heavy (non-hydrogen) atoms. The second kappa shape index (κ2) is 9.85. The van der Waals surface area contributed by atoms with Gasteiger partial charge in [0.05, 0.1) is 0 Å². The van der Waals surface area contributed by atoms with E-state index >= 15 is 0 Å². The lowest BCUT2D eigenvalue weighted by molar-refractivity contribution is -0.117. The van der Waals surface area contributed by atoms with Crippen molar-refractivity contribution < 1.29 is 4.79 Å². The van der Waals surface area contributed by atoms with Gasteiger partial charge in [-0.15, -0.1) is 5.10 Å². The second-order valence-electron chi connectivity index (χ2n) is 9.47. The Hall–Kier alpha value is -4.14. The number of rotatable bonds is 6. The van der Waals surface area contributed by atoms with Crippen molar-refractivity contribution in [3.63, 3.8) is 0 Å². The number of carbonyl (C=O) groups is 1. The molecular formula is C27H31N7O2. The third-order valence-electron chi connectivity index (χ3n) is 6.65. The van der Waals surface area contributed by atoms with Gasteiger partial charge in [-0.25, -0.2) is 18.9 Å². The Labute approximate surface area is 210 Å². The zero-order chi connectivity index (χ0) is 25.2. The fraction of sp³-hybridized carbons (Fsp3) is 0.333. The summed E-state index contributed by atoms with van der Waals surface area (Å²) in [4.78, 5) is 34.8. The van der Waals surface area contributed by atoms with Crippen LogP contribution in [0.1, 0.15) is 30.9 Å². The van der Waals surface area contributed by atoms with Crippen LogP contribution in [-0.2, 0) is 11.3 Å². The van der Waals surface area contributed by atoms with Crippen LogP contribution in [0.15, 0.2) is 65.7 Å². The lowest BCUT2D eigenvalue weighted by Crippen LogP contribution is -2.47. The van der Waals surface area contributed by atoms with Gasteiger partial charge in [0.1, 0.15) is 6.54 Å². The van der Waals surface area contributed by atoms with Crippen molar-refractivity contribution in [1.29, 1.82) is 0 Å². The molecule has 2 aromatic carbocycles. The highest BCUT2D eigenvalue weighted by Gasteiger charge is 2.23. The number of hydrogen-bond acceptors (Lipinski definition) is 6. The molecule has 9 nitrogen and oxygen atoms in total. The first-order valence-electron chi connectivity index (χ1n) is 12.3. The van der Waals surface area contributed by atoms with Gasteiger partial charge >= 0.3 is 5.69 Å². The van der Waals surface area contributed by atoms with Crippen LogP contribution in [0.25, 0.3) is 5.65 Å². The number of nitrogens with zero attached hydrogens (tertiary/aromatic N) is 6. The summed E-state index contributed by atoms with van der Waals surface area (Å²) in [5, 5.41) is 7.38. The Morgan fingerprint density at radius 2 is 1.78 bits per heavy atom. The van der Waals surface area contributed by atoms with E-state index in [1.807, 2.05) is 24.3 Å². The number of aromatic nitrogens is 4. The molecule has 1 amide bonds. The van der Waals surface area contributed by atoms with Gasteiger partial charge in [0.2, 0.25) is 11.6 Å². The predicted octanol–water partition coefficient (Wildman–Crippen LogP) is 3.29. The number of fused-ring (bicyclic) bond motifs is 1. The van der Waals surface area contributed by atoms with E-state index in [0.29, 0.717) is 23.1 Å². The standard InChI is InChI=1S/C27H31N7O2/c1-19(2)21-8-6-9-22(17-21)29-24(35)18-34-27(36)33-12-11-28-25(26(33)30-34)32-15-13-31(14-16-32)23-10-5-4-7-20(23)3/h4-12,17,19H,13-16,18H2,1-3H3,(H,29,35). The van der Waals surface area contributed by atoms with E-state index in [2.05, 4.69) is 70.2 Å². The Bertz CT molecular complexity index is 1450. The Morgan fingerprint density at radius 3 is 2.53 bits per heavy atom. The first-order chi connectivity index (χ1) is 17.4. The van der Waals surface area contributed by atoms with Crippen molar-refractivity contribution in [2.45, 2.75) is 33.2 Å². The molecule has 186 valence electrons. The van der Waals surface area contributed by atoms with Crippen LogP contribution in [0.2, 0.25) is 0 Å². The molecule has 1 aliphatic heterocycles. The number of aryl methyl sites for hydroxylation is 1. The normalized spacial score (nSPS) is 14.0. The van der Waals surface area contributed by atoms with Gasteiger partial charge in [-0.3, -0.25) is 4.79 Å². The van der Waals surface area contributed by atoms with Crippen LogP contribution in [0.5, 0.6) is 0 Å². The summed E-state index contributed by atoms with van der Waals surface area (Å²) in [5.41, 5.74) is 4.44. The van der Waals surface area contributed by atoms with Crippen LogP contribution >= 0.6 is 0 Å². The Morgan fingerprint density at radius 1 is 1.03 bits per heavy atom. The average Bonchev–Trinajstić information content (AvgIpc) is 3.19. The van der Waals surface area contributed by atoms with Crippen LogP contribution in [0, 0.1) is 6.92 Å². The maximum Gasteiger partial charge on any atom is 0.350 e. The second-order valence-corrected chi connectivity index (χ2v) is 9.47. The molecule has 0 spiro atoms. The minimum absolute atomic E-state index is 0.174. The number of hydrogen-bond donors (Lipinski definition) is 1. The molecule has 3 heterocycles. The van der Waals surface area contributed by atoms with Crippen molar-refractivity contribution in [3.8, 4) is 0 Å². The molecule has 4 aromatic rings. The summed E-state index contributed by atoms with van der Waals surface area (Å²) < 4.78 is 2.66. The van der Waals surface area contributed by atoms with Gasteiger partial charge in [-0.2, -0.15) is 0 Å². The number of carbonyl (C=O) groups excluding carboxylic acids is 1. The van der Waals surface area contributed by atoms with Gasteiger partial charge in [0.15, 0.2) is 5.82 Å². The van der Waals surface area contributed by atoms with Gasteiger partial charge in [-0.05, 0) is 42.2 Å². The number of amides is 1. The van der Waals surface area contributed by atoms with Crippen molar-refractivity contribution in [2.75, 3.05) is 41.3 Å². The van der Waals surface area contributed by atoms with E-state index in [0.717, 1.165) is 31.7 Å². The lowest BCUT2D eigenvalue weighted by Gasteiger charge is -2.37. The number of nitrogens with one attached hydrogen (secondary N) is 1. The molecule has 1 saturated heterocycles. The van der Waals surface area contributed by atoms with Gasteiger partial charge in [-0.1, -0.05) is 44.2 Å². The fourth-order valence-corrected chi connectivity index (χ4v) is 4.65. The third kappa shape index (κ3) is 4.68. The number of piperazine rings is 1. The maximum absolute atomic E-state index is 13.0. The quantitative estimate of drug-likeness (QED) is 0.451. The number of benzene rings is 2. The summed E-state index contributed by atoms with van der Waals surface area (Å²) in [5.74, 6) is 0.706. The molecule has 2 aromatic heterocycles. The maximum atomic E-state index is 13.0. The minimum Gasteiger partial charge on any atom is -0.368 e. The summed E-state index contributed by atoms with van der Waals surface area (Å²) >= 11 is 0. The molecule has 1 fully saturated rings. The molecule has 0 atom stereocenters. The summed E-state index contributed by atoms with van der Waals surface area (Å²) in [6.07, 6.45) is 3.21. The molecule has 0 saturated carbocycles. The smallest absolute Gasteiger partial charge is 0.350 e. The van der Waals surface area contributed by atoms with Crippen LogP contribution in [-0.4, -0.2) is 51.3 Å². The SMILES string of the molecule is Cc1ccccc1N1CCN(c2nccn3c(=O)n(CC(=O)Nc4cccc(C(C)C)c4)nc23)CC1. The molecule has 5 rings (SSSR count). The van der Waals surface area contributed by atoms with E-state index in [9.17, 15) is 9.59 Å². The number of para-hydroxylation sites is 1. The molecule has 0 radical (unpaired) electrons. The zero-order valence-corrected chi connectivity index (χ0v) is 20.9. The largest absolute Gasteiger partial charge is 0.368 e. The molecule has 0 aliphatic carbocycles. The van der Waals surface area contributed by atoms with Crippen LogP contribution in [0.3, 0.4) is 0 Å². The summed E-state index contributed by atoms with van der Waals surface area (Å²) in [7, 11) is 0.